The molecule has 5 radical (unpaired) electrons. The number of aliphatic hydroxyl groups excluding tert-OH is 1. The summed E-state index contributed by atoms with van der Waals surface area (Å²) in [7, 11) is -9.13. The topological polar surface area (TPSA) is 59.7 Å². The molecule has 2 aromatic carbocycles. The SMILES string of the molecule is COc1ccc([C@@H](C)O)c2c1oc(=O)c1cccc(C)c12.F[P-](F)(F)(F)(F)F.[CH]1[CH][CH][CH][CH]1.[Ru+2]. The first-order valence-electron chi connectivity index (χ1n) is 9.43. The van der Waals surface area contributed by atoms with Gasteiger partial charge in [0.1, 0.15) is 0 Å². The first kappa shape index (κ1) is 30.3. The molecule has 0 bridgehead atoms. The van der Waals surface area contributed by atoms with Crippen LogP contribution in [-0.4, -0.2) is 12.2 Å². The van der Waals surface area contributed by atoms with Gasteiger partial charge in [-0.3, -0.25) is 0 Å². The van der Waals surface area contributed by atoms with Crippen molar-refractivity contribution < 1.29 is 58.9 Å². The molecule has 1 heterocycles. The Balaban J connectivity index is 0.000000368. The zero-order valence-corrected chi connectivity index (χ0v) is 20.7. The summed E-state index contributed by atoms with van der Waals surface area (Å²) in [6, 6.07) is 9.00. The molecule has 1 aliphatic carbocycles. The summed E-state index contributed by atoms with van der Waals surface area (Å²) in [5, 5.41) is 12.1. The average Bonchev–Trinajstić information content (AvgIpc) is 3.25. The number of aliphatic hydroxyl groups is 1. The van der Waals surface area contributed by atoms with Crippen molar-refractivity contribution in [3.8, 4) is 5.75 Å². The molecule has 0 spiro atoms. The molecule has 1 fully saturated rings. The normalized spacial score (nSPS) is 16.2. The molecule has 12 heteroatoms. The standard InChI is InChI=1S/C17H16O4.C5H5.F6P.Ru/c1-9-5-4-6-12-14(9)15-11(10(2)18)7-8-13(20-3)16(15)21-17(12)19;1-2-4-5-3-1;1-7(2,3,4,5)6;/h4-8,10,18H,1-3H3;1-5H;;/q;;-1;+2/t10-;;;/m1.../s1. The predicted octanol–water partition coefficient (Wildman–Crippen LogP) is 7.72. The van der Waals surface area contributed by atoms with E-state index in [0.29, 0.717) is 22.3 Å². The van der Waals surface area contributed by atoms with E-state index >= 15 is 0 Å². The van der Waals surface area contributed by atoms with Gasteiger partial charge < -0.3 is 14.3 Å². The zero-order valence-electron chi connectivity index (χ0n) is 18.1. The van der Waals surface area contributed by atoms with E-state index < -0.39 is 19.5 Å². The fourth-order valence-corrected chi connectivity index (χ4v) is 3.08. The Labute approximate surface area is 205 Å². The van der Waals surface area contributed by atoms with Crippen molar-refractivity contribution in [1.29, 1.82) is 0 Å². The van der Waals surface area contributed by atoms with E-state index in [1.807, 2.05) is 51.2 Å². The second kappa shape index (κ2) is 10.5. The second-order valence-corrected chi connectivity index (χ2v) is 8.96. The quantitative estimate of drug-likeness (QED) is 0.108. The molecule has 1 saturated carbocycles. The van der Waals surface area contributed by atoms with Gasteiger partial charge >= 0.3 is 58.1 Å². The Kier molecular flexibility index (Phi) is 9.37. The van der Waals surface area contributed by atoms with Crippen LogP contribution < -0.4 is 10.4 Å². The van der Waals surface area contributed by atoms with E-state index in [9.17, 15) is 35.1 Å². The van der Waals surface area contributed by atoms with E-state index in [4.69, 9.17) is 9.15 Å². The van der Waals surface area contributed by atoms with Gasteiger partial charge in [-0.1, -0.05) is 18.2 Å². The van der Waals surface area contributed by atoms with Crippen molar-refractivity contribution in [3.05, 3.63) is 84.0 Å². The summed E-state index contributed by atoms with van der Waals surface area (Å²) < 4.78 is 69.9. The van der Waals surface area contributed by atoms with Gasteiger partial charge in [-0.15, -0.1) is 0 Å². The van der Waals surface area contributed by atoms with E-state index in [2.05, 4.69) is 0 Å². The molecule has 3 aromatic rings. The molecular formula is C22H21F6O4PRu+. The average molecular weight is 595 g/mol. The smallest absolute Gasteiger partial charge is 0.0312 e. The molecule has 0 aliphatic heterocycles. The van der Waals surface area contributed by atoms with E-state index in [1.165, 1.54) is 7.11 Å². The minimum absolute atomic E-state index is 0. The zero-order chi connectivity index (χ0) is 25.1. The monoisotopic (exact) mass is 596 g/mol. The summed E-state index contributed by atoms with van der Waals surface area (Å²) in [5.74, 6) is 0.483. The maximum Gasteiger partial charge on any atom is 2.00 e. The molecule has 187 valence electrons. The van der Waals surface area contributed by atoms with Crippen LogP contribution in [-0.2, 0) is 19.5 Å². The van der Waals surface area contributed by atoms with Crippen molar-refractivity contribution in [2.45, 2.75) is 20.0 Å². The van der Waals surface area contributed by atoms with Crippen molar-refractivity contribution in [3.63, 3.8) is 0 Å². The van der Waals surface area contributed by atoms with Gasteiger partial charge in [-0.25, -0.2) is 4.79 Å². The molecule has 0 amide bonds. The molecule has 0 saturated heterocycles. The summed E-state index contributed by atoms with van der Waals surface area (Å²) in [6.07, 6.45) is 9.33. The van der Waals surface area contributed by atoms with Crippen LogP contribution in [0.25, 0.3) is 21.7 Å². The fraction of sp³-hybridized carbons (Fsp3) is 0.182. The molecule has 1 aromatic heterocycles. The van der Waals surface area contributed by atoms with Gasteiger partial charge in [-0.05, 0) is 69.2 Å². The van der Waals surface area contributed by atoms with Gasteiger partial charge in [-0.2, -0.15) is 0 Å². The summed E-state index contributed by atoms with van der Waals surface area (Å²) >= 11 is 0. The number of rotatable bonds is 2. The van der Waals surface area contributed by atoms with Crippen LogP contribution in [0.2, 0.25) is 0 Å². The Morgan fingerprint density at radius 3 is 1.85 bits per heavy atom. The largest absolute Gasteiger partial charge is 2.00 e. The van der Waals surface area contributed by atoms with Crippen molar-refractivity contribution in [2.75, 3.05) is 7.11 Å². The number of fused-ring (bicyclic) bond motifs is 3. The Bertz CT molecular complexity index is 1170. The molecular weight excluding hydrogens is 574 g/mol. The van der Waals surface area contributed by atoms with Gasteiger partial charge in [0.05, 0.1) is 18.6 Å². The maximum atomic E-state index is 12.2. The fourth-order valence-electron chi connectivity index (χ4n) is 3.08. The van der Waals surface area contributed by atoms with Crippen molar-refractivity contribution in [1.82, 2.24) is 0 Å². The van der Waals surface area contributed by atoms with Crippen LogP contribution in [0.4, 0.5) is 25.2 Å². The molecule has 34 heavy (non-hydrogen) atoms. The van der Waals surface area contributed by atoms with Crippen molar-refractivity contribution >= 4 is 29.6 Å². The summed E-state index contributed by atoms with van der Waals surface area (Å²) in [4.78, 5) is 12.2. The van der Waals surface area contributed by atoms with Gasteiger partial charge in [0.25, 0.3) is 0 Å². The van der Waals surface area contributed by atoms with Crippen LogP contribution in [0.15, 0.2) is 39.5 Å². The summed E-state index contributed by atoms with van der Waals surface area (Å²) in [5.41, 5.74) is 1.65. The molecule has 4 nitrogen and oxygen atoms in total. The van der Waals surface area contributed by atoms with Crippen LogP contribution in [0, 0.1) is 39.0 Å². The van der Waals surface area contributed by atoms with Crippen LogP contribution in [0.5, 0.6) is 5.75 Å². The van der Waals surface area contributed by atoms with E-state index in [0.717, 1.165) is 16.3 Å². The predicted molar refractivity (Wildman–Crippen MR) is 117 cm³/mol. The second-order valence-electron chi connectivity index (χ2n) is 7.04. The molecule has 4 rings (SSSR count). The number of hydrogen-bond acceptors (Lipinski definition) is 4. The number of benzene rings is 2. The van der Waals surface area contributed by atoms with Crippen LogP contribution in [0.3, 0.4) is 0 Å². The van der Waals surface area contributed by atoms with Gasteiger partial charge in [0, 0.05) is 10.8 Å². The third-order valence-corrected chi connectivity index (χ3v) is 4.32. The first-order valence-corrected chi connectivity index (χ1v) is 11.5. The number of halogens is 6. The number of ether oxygens (including phenoxy) is 1. The molecule has 1 aliphatic rings. The van der Waals surface area contributed by atoms with Gasteiger partial charge in [0.2, 0.25) is 0 Å². The van der Waals surface area contributed by atoms with Crippen LogP contribution >= 0.6 is 7.81 Å². The molecule has 0 unspecified atom stereocenters. The number of aryl methyl sites for hydroxylation is 1. The molecule has 1 N–H and O–H groups in total. The Morgan fingerprint density at radius 1 is 0.912 bits per heavy atom. The van der Waals surface area contributed by atoms with E-state index in [1.54, 1.807) is 25.1 Å². The van der Waals surface area contributed by atoms with Gasteiger partial charge in [0.15, 0.2) is 11.3 Å². The third kappa shape index (κ3) is 9.51. The number of hydrogen-bond donors (Lipinski definition) is 1. The molecule has 1 atom stereocenters. The first-order chi connectivity index (χ1) is 15.0. The Hall–Kier alpha value is -1.70. The minimum Gasteiger partial charge on any atom is -0.0312 e. The maximum absolute atomic E-state index is 12.2. The van der Waals surface area contributed by atoms with E-state index in [-0.39, 0.29) is 19.5 Å². The minimum atomic E-state index is -10.7. The summed E-state index contributed by atoms with van der Waals surface area (Å²) in [6.45, 7) is 3.63. The Morgan fingerprint density at radius 2 is 1.41 bits per heavy atom. The van der Waals surface area contributed by atoms with Crippen LogP contribution in [0.1, 0.15) is 24.2 Å². The van der Waals surface area contributed by atoms with Crippen molar-refractivity contribution in [2.24, 2.45) is 0 Å². The number of methoxy groups -OCH3 is 1. The third-order valence-electron chi connectivity index (χ3n) is 4.32.